The summed E-state index contributed by atoms with van der Waals surface area (Å²) < 4.78 is 0.964. The fourth-order valence-electron chi connectivity index (χ4n) is 2.99. The second kappa shape index (κ2) is 9.97. The lowest BCUT2D eigenvalue weighted by Crippen LogP contribution is -2.48. The Labute approximate surface area is 204 Å². The quantitative estimate of drug-likeness (QED) is 0.298. The Morgan fingerprint density at radius 1 is 0.879 bits per heavy atom. The molecule has 0 saturated carbocycles. The van der Waals surface area contributed by atoms with Crippen molar-refractivity contribution in [3.05, 3.63) is 99.3 Å². The molecule has 0 aliphatic rings. The first kappa shape index (κ1) is 22.7. The minimum Gasteiger partial charge on any atom is -0.306 e. The monoisotopic (exact) mass is 520 g/mol. The second-order valence-corrected chi connectivity index (χ2v) is 9.21. The number of aromatic nitrogens is 1. The van der Waals surface area contributed by atoms with Gasteiger partial charge in [-0.15, -0.1) is 11.3 Å². The normalized spacial score (nSPS) is 10.5. The van der Waals surface area contributed by atoms with Crippen LogP contribution in [0.3, 0.4) is 0 Å². The van der Waals surface area contributed by atoms with Crippen LogP contribution in [0.5, 0.6) is 0 Å². The van der Waals surface area contributed by atoms with Crippen LogP contribution in [0.1, 0.15) is 21.5 Å². The SMILES string of the molecule is Cc1ccc(NC(=O)N(NC(=O)c2ccc(C)cc2)c2nc(-c3ccc(Br)cc3)cs2)cc1. The molecule has 0 radical (unpaired) electrons. The van der Waals surface area contributed by atoms with Gasteiger partial charge in [0.2, 0.25) is 5.13 Å². The third-order valence-corrected chi connectivity index (χ3v) is 6.21. The summed E-state index contributed by atoms with van der Waals surface area (Å²) in [7, 11) is 0. The van der Waals surface area contributed by atoms with Crippen molar-refractivity contribution in [2.45, 2.75) is 13.8 Å². The van der Waals surface area contributed by atoms with Gasteiger partial charge in [0.05, 0.1) is 5.69 Å². The zero-order chi connectivity index (χ0) is 23.4. The summed E-state index contributed by atoms with van der Waals surface area (Å²) in [4.78, 5) is 30.7. The number of carbonyl (C=O) groups is 2. The Kier molecular flexibility index (Phi) is 6.86. The molecule has 0 saturated heterocycles. The van der Waals surface area contributed by atoms with Crippen molar-refractivity contribution in [1.29, 1.82) is 0 Å². The average Bonchev–Trinajstić information content (AvgIpc) is 3.29. The number of hydrogen-bond donors (Lipinski definition) is 2. The Hall–Kier alpha value is -3.49. The van der Waals surface area contributed by atoms with Crippen LogP contribution in [-0.2, 0) is 0 Å². The number of amides is 3. The third-order valence-electron chi connectivity index (χ3n) is 4.86. The highest BCUT2D eigenvalue weighted by molar-refractivity contribution is 9.10. The molecule has 0 aliphatic heterocycles. The van der Waals surface area contributed by atoms with Gasteiger partial charge in [-0.25, -0.2) is 9.78 Å². The molecule has 6 nitrogen and oxygen atoms in total. The molecule has 166 valence electrons. The summed E-state index contributed by atoms with van der Waals surface area (Å²) in [5.41, 5.74) is 7.49. The topological polar surface area (TPSA) is 74.3 Å². The summed E-state index contributed by atoms with van der Waals surface area (Å²) >= 11 is 4.69. The summed E-state index contributed by atoms with van der Waals surface area (Å²) in [6, 6.07) is 21.8. The van der Waals surface area contributed by atoms with Crippen LogP contribution in [0.2, 0.25) is 0 Å². The molecule has 0 bridgehead atoms. The number of nitrogens with one attached hydrogen (secondary N) is 2. The minimum atomic E-state index is -0.518. The van der Waals surface area contributed by atoms with Gasteiger partial charge in [-0.05, 0) is 50.2 Å². The molecule has 2 N–H and O–H groups in total. The van der Waals surface area contributed by atoms with Gasteiger partial charge in [-0.3, -0.25) is 10.2 Å². The largest absolute Gasteiger partial charge is 0.347 e. The van der Waals surface area contributed by atoms with E-state index in [-0.39, 0.29) is 0 Å². The van der Waals surface area contributed by atoms with E-state index in [0.29, 0.717) is 22.1 Å². The van der Waals surface area contributed by atoms with E-state index in [9.17, 15) is 9.59 Å². The number of benzene rings is 3. The fraction of sp³-hybridized carbons (Fsp3) is 0.0800. The van der Waals surface area contributed by atoms with Gasteiger partial charge < -0.3 is 5.32 Å². The first-order chi connectivity index (χ1) is 15.9. The van der Waals surface area contributed by atoms with E-state index < -0.39 is 11.9 Å². The van der Waals surface area contributed by atoms with Crippen LogP contribution in [0.15, 0.2) is 82.6 Å². The summed E-state index contributed by atoms with van der Waals surface area (Å²) in [6.07, 6.45) is 0. The van der Waals surface area contributed by atoms with E-state index >= 15 is 0 Å². The molecule has 4 rings (SSSR count). The first-order valence-corrected chi connectivity index (χ1v) is 11.8. The lowest BCUT2D eigenvalue weighted by atomic mass is 10.1. The summed E-state index contributed by atoms with van der Waals surface area (Å²) in [6.45, 7) is 3.92. The van der Waals surface area contributed by atoms with Crippen molar-refractivity contribution in [3.63, 3.8) is 0 Å². The Morgan fingerprint density at radius 3 is 2.12 bits per heavy atom. The zero-order valence-corrected chi connectivity index (χ0v) is 20.4. The molecule has 0 fully saturated rings. The molecule has 3 aromatic carbocycles. The number of rotatable bonds is 4. The molecular weight excluding hydrogens is 500 g/mol. The molecule has 33 heavy (non-hydrogen) atoms. The van der Waals surface area contributed by atoms with Crippen molar-refractivity contribution in [1.82, 2.24) is 10.4 Å². The van der Waals surface area contributed by atoms with E-state index in [1.54, 1.807) is 12.1 Å². The smallest absolute Gasteiger partial charge is 0.306 e. The lowest BCUT2D eigenvalue weighted by Gasteiger charge is -2.21. The van der Waals surface area contributed by atoms with Crippen molar-refractivity contribution >= 4 is 50.0 Å². The maximum atomic E-state index is 13.2. The van der Waals surface area contributed by atoms with Gasteiger partial charge in [-0.2, -0.15) is 5.01 Å². The average molecular weight is 521 g/mol. The fourth-order valence-corrected chi connectivity index (χ4v) is 4.05. The predicted molar refractivity (Wildman–Crippen MR) is 137 cm³/mol. The third kappa shape index (κ3) is 5.66. The molecule has 3 amide bonds. The summed E-state index contributed by atoms with van der Waals surface area (Å²) in [5.74, 6) is -0.408. The number of thiazole rings is 1. The number of hydrazine groups is 1. The lowest BCUT2D eigenvalue weighted by molar-refractivity contribution is 0.0951. The van der Waals surface area contributed by atoms with Gasteiger partial charge in [-0.1, -0.05) is 63.5 Å². The number of halogens is 1. The number of urea groups is 1. The molecule has 0 aliphatic carbocycles. The van der Waals surface area contributed by atoms with Crippen LogP contribution in [-0.4, -0.2) is 16.9 Å². The highest BCUT2D eigenvalue weighted by Crippen LogP contribution is 2.28. The number of aryl methyl sites for hydroxylation is 2. The molecule has 0 spiro atoms. The van der Waals surface area contributed by atoms with Crippen molar-refractivity contribution in [2.75, 3.05) is 10.3 Å². The number of hydrogen-bond acceptors (Lipinski definition) is 4. The van der Waals surface area contributed by atoms with Gasteiger partial charge >= 0.3 is 6.03 Å². The first-order valence-electron chi connectivity index (χ1n) is 10.2. The van der Waals surface area contributed by atoms with Crippen molar-refractivity contribution in [2.24, 2.45) is 0 Å². The molecule has 8 heteroatoms. The number of nitrogens with zero attached hydrogens (tertiary/aromatic N) is 2. The van der Waals surface area contributed by atoms with Gasteiger partial charge in [0.25, 0.3) is 5.91 Å². The maximum absolute atomic E-state index is 13.2. The van der Waals surface area contributed by atoms with Crippen LogP contribution >= 0.6 is 27.3 Å². The van der Waals surface area contributed by atoms with Crippen LogP contribution < -0.4 is 15.8 Å². The molecular formula is C25H21BrN4O2S. The molecule has 4 aromatic rings. The minimum absolute atomic E-state index is 0.345. The van der Waals surface area contributed by atoms with E-state index in [4.69, 9.17) is 0 Å². The second-order valence-electron chi connectivity index (χ2n) is 7.46. The number of carbonyl (C=O) groups excluding carboxylic acids is 2. The van der Waals surface area contributed by atoms with Crippen LogP contribution in [0.4, 0.5) is 15.6 Å². The van der Waals surface area contributed by atoms with E-state index in [0.717, 1.165) is 26.2 Å². The van der Waals surface area contributed by atoms with E-state index in [1.807, 2.05) is 79.9 Å². The predicted octanol–water partition coefficient (Wildman–Crippen LogP) is 6.57. The molecule has 1 aromatic heterocycles. The van der Waals surface area contributed by atoms with E-state index in [2.05, 4.69) is 31.7 Å². The number of anilines is 2. The summed E-state index contributed by atoms with van der Waals surface area (Å²) in [5, 5.41) is 6.17. The molecule has 0 unspecified atom stereocenters. The van der Waals surface area contributed by atoms with Crippen LogP contribution in [0.25, 0.3) is 11.3 Å². The van der Waals surface area contributed by atoms with Gasteiger partial charge in [0, 0.05) is 26.7 Å². The molecule has 1 heterocycles. The Morgan fingerprint density at radius 2 is 1.48 bits per heavy atom. The van der Waals surface area contributed by atoms with E-state index in [1.165, 1.54) is 11.3 Å². The maximum Gasteiger partial charge on any atom is 0.347 e. The zero-order valence-electron chi connectivity index (χ0n) is 18.0. The Bertz CT molecular complexity index is 1270. The van der Waals surface area contributed by atoms with Crippen LogP contribution in [0, 0.1) is 13.8 Å². The van der Waals surface area contributed by atoms with Gasteiger partial charge in [0.1, 0.15) is 0 Å². The van der Waals surface area contributed by atoms with Crippen molar-refractivity contribution < 1.29 is 9.59 Å². The standard InChI is InChI=1S/C25H21BrN4O2S/c1-16-3-7-19(8-4-16)23(31)29-30(24(32)27-21-13-5-17(2)6-14-21)25-28-22(15-33-25)18-9-11-20(26)12-10-18/h3-15H,1-2H3,(H,27,32)(H,29,31). The van der Waals surface area contributed by atoms with Crippen molar-refractivity contribution in [3.8, 4) is 11.3 Å². The highest BCUT2D eigenvalue weighted by Gasteiger charge is 2.23. The van der Waals surface area contributed by atoms with Gasteiger partial charge in [0.15, 0.2) is 0 Å². The molecule has 0 atom stereocenters. The highest BCUT2D eigenvalue weighted by atomic mass is 79.9. The Balaban J connectivity index is 1.62.